The van der Waals surface area contributed by atoms with Crippen LogP contribution in [0.25, 0.3) is 0 Å². The van der Waals surface area contributed by atoms with Crippen molar-refractivity contribution in [3.63, 3.8) is 0 Å². The van der Waals surface area contributed by atoms with Crippen LogP contribution in [0.5, 0.6) is 0 Å². The monoisotopic (exact) mass is 450 g/mol. The summed E-state index contributed by atoms with van der Waals surface area (Å²) in [5.41, 5.74) is -1.43. The van der Waals surface area contributed by atoms with Crippen molar-refractivity contribution < 1.29 is 32.3 Å². The van der Waals surface area contributed by atoms with Crippen molar-refractivity contribution in [3.05, 3.63) is 64.7 Å². The summed E-state index contributed by atoms with van der Waals surface area (Å²) < 4.78 is 58.8. The minimum absolute atomic E-state index is 0.171. The molecule has 9 heteroatoms. The van der Waals surface area contributed by atoms with Crippen LogP contribution in [0, 0.1) is 18.6 Å². The number of nitrogens with zero attached hydrogens (tertiary/aromatic N) is 1. The first-order chi connectivity index (χ1) is 15.1. The summed E-state index contributed by atoms with van der Waals surface area (Å²) in [6, 6.07) is 5.58. The van der Waals surface area contributed by atoms with Crippen molar-refractivity contribution in [2.75, 3.05) is 5.32 Å². The number of carbonyl (C=O) groups is 2. The van der Waals surface area contributed by atoms with Crippen LogP contribution in [0.3, 0.4) is 0 Å². The molecule has 2 N–H and O–H groups in total. The molecule has 4 rings (SSSR count). The van der Waals surface area contributed by atoms with E-state index in [0.717, 1.165) is 29.2 Å². The van der Waals surface area contributed by atoms with Crippen LogP contribution in [0.4, 0.5) is 23.2 Å². The fourth-order valence-corrected chi connectivity index (χ4v) is 4.63. The van der Waals surface area contributed by atoms with E-state index in [1.54, 1.807) is 0 Å². The molecule has 0 aromatic heterocycles. The molecule has 0 radical (unpaired) electrons. The summed E-state index contributed by atoms with van der Waals surface area (Å²) >= 11 is 0. The minimum atomic E-state index is -4.18. The first kappa shape index (κ1) is 22.3. The van der Waals surface area contributed by atoms with E-state index >= 15 is 13.2 Å². The lowest BCUT2D eigenvalue weighted by molar-refractivity contribution is -0.166. The Morgan fingerprint density at radius 3 is 2.38 bits per heavy atom. The highest BCUT2D eigenvalue weighted by atomic mass is 19.3. The highest BCUT2D eigenvalue weighted by molar-refractivity contribution is 6.04. The van der Waals surface area contributed by atoms with Crippen molar-refractivity contribution in [1.82, 2.24) is 4.90 Å². The molecular formula is C23H22F4N2O3. The fourth-order valence-electron chi connectivity index (χ4n) is 4.63. The van der Waals surface area contributed by atoms with Gasteiger partial charge in [-0.2, -0.15) is 8.78 Å². The Labute approximate surface area is 182 Å². The third-order valence-electron chi connectivity index (χ3n) is 6.21. The summed E-state index contributed by atoms with van der Waals surface area (Å²) in [7, 11) is 0. The Morgan fingerprint density at radius 1 is 1.09 bits per heavy atom. The molecule has 2 aromatic rings. The van der Waals surface area contributed by atoms with E-state index in [1.807, 2.05) is 0 Å². The van der Waals surface area contributed by atoms with Gasteiger partial charge in [-0.3, -0.25) is 9.59 Å². The van der Waals surface area contributed by atoms with E-state index < -0.39 is 58.7 Å². The van der Waals surface area contributed by atoms with Crippen molar-refractivity contribution in [2.24, 2.45) is 0 Å². The molecule has 2 aromatic carbocycles. The second-order valence-corrected chi connectivity index (χ2v) is 8.38. The highest BCUT2D eigenvalue weighted by Gasteiger charge is 2.53. The zero-order chi connectivity index (χ0) is 23.2. The molecule has 170 valence electrons. The van der Waals surface area contributed by atoms with Crippen LogP contribution in [-0.4, -0.2) is 40.0 Å². The van der Waals surface area contributed by atoms with Gasteiger partial charge in [0.25, 0.3) is 11.8 Å². The van der Waals surface area contributed by atoms with Gasteiger partial charge in [0.05, 0.1) is 17.2 Å². The topological polar surface area (TPSA) is 69.6 Å². The number of amides is 2. The molecule has 3 atom stereocenters. The smallest absolute Gasteiger partial charge is 0.352 e. The molecule has 2 saturated heterocycles. The zero-order valence-electron chi connectivity index (χ0n) is 17.2. The minimum Gasteiger partial charge on any atom is -0.393 e. The fraction of sp³-hybridized carbons (Fsp3) is 0.391. The molecule has 0 saturated carbocycles. The van der Waals surface area contributed by atoms with Gasteiger partial charge in [-0.15, -0.1) is 0 Å². The Bertz CT molecular complexity index is 1060. The molecule has 0 aliphatic carbocycles. The second kappa shape index (κ2) is 8.20. The number of aliphatic hydroxyl groups is 1. The number of hydrogen-bond donors (Lipinski definition) is 2. The van der Waals surface area contributed by atoms with Crippen LogP contribution in [-0.2, 0) is 10.7 Å². The van der Waals surface area contributed by atoms with Crippen LogP contribution < -0.4 is 5.32 Å². The molecule has 2 aliphatic heterocycles. The summed E-state index contributed by atoms with van der Waals surface area (Å²) in [6.45, 7) is 1.48. The number of fused-ring (bicyclic) bond motifs is 2. The highest BCUT2D eigenvalue weighted by Crippen LogP contribution is 2.41. The van der Waals surface area contributed by atoms with Gasteiger partial charge >= 0.3 is 5.92 Å². The first-order valence-electron chi connectivity index (χ1n) is 10.3. The van der Waals surface area contributed by atoms with Gasteiger partial charge in [-0.05, 0) is 68.5 Å². The normalized spacial score (nSPS) is 22.7. The number of nitrogens with one attached hydrogen (secondary N) is 1. The number of rotatable bonds is 4. The largest absolute Gasteiger partial charge is 0.393 e. The molecule has 2 amide bonds. The SMILES string of the molecule is Cc1cc(NC(=O)c2cccc(C(F)(F)C(=O)N3[C@@H]4CC[C@H]3C[C@H](O)C4)c2F)ccc1F. The van der Waals surface area contributed by atoms with Crippen LogP contribution in [0.1, 0.15) is 47.2 Å². The number of anilines is 1. The number of piperidine rings is 1. The van der Waals surface area contributed by atoms with E-state index in [0.29, 0.717) is 12.8 Å². The number of halogens is 4. The van der Waals surface area contributed by atoms with Crippen molar-refractivity contribution in [1.29, 1.82) is 0 Å². The quantitative estimate of drug-likeness (QED) is 0.689. The van der Waals surface area contributed by atoms with E-state index in [4.69, 9.17) is 0 Å². The predicted octanol–water partition coefficient (Wildman–Crippen LogP) is 4.13. The van der Waals surface area contributed by atoms with E-state index in [1.165, 1.54) is 19.1 Å². The van der Waals surface area contributed by atoms with Gasteiger partial charge in [0.15, 0.2) is 0 Å². The summed E-state index contributed by atoms with van der Waals surface area (Å²) in [4.78, 5) is 26.4. The Morgan fingerprint density at radius 2 is 1.75 bits per heavy atom. The van der Waals surface area contributed by atoms with E-state index in [-0.39, 0.29) is 24.1 Å². The first-order valence-corrected chi connectivity index (χ1v) is 10.3. The summed E-state index contributed by atoms with van der Waals surface area (Å²) in [5.74, 6) is -8.70. The zero-order valence-corrected chi connectivity index (χ0v) is 17.2. The number of hydrogen-bond acceptors (Lipinski definition) is 3. The Balaban J connectivity index is 1.60. The van der Waals surface area contributed by atoms with Gasteiger partial charge in [-0.25, -0.2) is 8.78 Å². The maximum Gasteiger partial charge on any atom is 0.352 e. The van der Waals surface area contributed by atoms with Crippen molar-refractivity contribution >= 4 is 17.5 Å². The molecule has 2 heterocycles. The lowest BCUT2D eigenvalue weighted by Crippen LogP contribution is -2.53. The van der Waals surface area contributed by atoms with E-state index in [9.17, 15) is 19.1 Å². The van der Waals surface area contributed by atoms with Crippen molar-refractivity contribution in [2.45, 2.75) is 56.7 Å². The van der Waals surface area contributed by atoms with Gasteiger partial charge in [0, 0.05) is 17.8 Å². The molecule has 2 bridgehead atoms. The number of carbonyl (C=O) groups excluding carboxylic acids is 2. The molecule has 2 aliphatic rings. The lowest BCUT2D eigenvalue weighted by Gasteiger charge is -2.39. The maximum absolute atomic E-state index is 15.2. The molecule has 0 unspecified atom stereocenters. The van der Waals surface area contributed by atoms with Crippen LogP contribution in [0.2, 0.25) is 0 Å². The Kier molecular flexibility index (Phi) is 5.70. The Hall–Kier alpha value is -2.94. The van der Waals surface area contributed by atoms with Crippen molar-refractivity contribution in [3.8, 4) is 0 Å². The molecule has 5 nitrogen and oxygen atoms in total. The van der Waals surface area contributed by atoms with E-state index in [2.05, 4.69) is 5.32 Å². The van der Waals surface area contributed by atoms with Crippen LogP contribution in [0.15, 0.2) is 36.4 Å². The van der Waals surface area contributed by atoms with Crippen LogP contribution >= 0.6 is 0 Å². The number of aliphatic hydroxyl groups excluding tert-OH is 1. The van der Waals surface area contributed by atoms with Gasteiger partial charge < -0.3 is 15.3 Å². The summed E-state index contributed by atoms with van der Waals surface area (Å²) in [5, 5.41) is 12.2. The third kappa shape index (κ3) is 3.85. The molecule has 2 fully saturated rings. The standard InChI is InChI=1S/C23H22F4N2O3/c1-12-9-13(5-8-19(12)24)28-21(31)17-3-2-4-18(20(17)25)23(26,27)22(32)29-14-6-7-15(29)11-16(30)10-14/h2-5,8-9,14-16,30H,6-7,10-11H2,1H3,(H,28,31)/t14-,15+,16-. The molecule has 0 spiro atoms. The third-order valence-corrected chi connectivity index (χ3v) is 6.21. The maximum atomic E-state index is 15.2. The predicted molar refractivity (Wildman–Crippen MR) is 108 cm³/mol. The average Bonchev–Trinajstić information content (AvgIpc) is 3.00. The van der Waals surface area contributed by atoms with Gasteiger partial charge in [0.2, 0.25) is 0 Å². The van der Waals surface area contributed by atoms with Gasteiger partial charge in [-0.1, -0.05) is 6.07 Å². The number of benzene rings is 2. The van der Waals surface area contributed by atoms with Gasteiger partial charge in [0.1, 0.15) is 11.6 Å². The molecule has 32 heavy (non-hydrogen) atoms. The summed E-state index contributed by atoms with van der Waals surface area (Å²) in [6.07, 6.45) is 0.779. The lowest BCUT2D eigenvalue weighted by atomic mass is 9.96. The average molecular weight is 450 g/mol. The second-order valence-electron chi connectivity index (χ2n) is 8.38. The number of alkyl halides is 2. The molecular weight excluding hydrogens is 428 g/mol. The number of aryl methyl sites for hydroxylation is 1.